The maximum absolute atomic E-state index is 5.47. The van der Waals surface area contributed by atoms with E-state index in [4.69, 9.17) is 5.73 Å². The fourth-order valence-corrected chi connectivity index (χ4v) is 1.70. The topological polar surface area (TPSA) is 64.7 Å². The van der Waals surface area contributed by atoms with Gasteiger partial charge in [0.05, 0.1) is 0 Å². The molecule has 6 heteroatoms. The molecule has 0 amide bonds. The Balaban J connectivity index is 2.46. The van der Waals surface area contributed by atoms with E-state index >= 15 is 0 Å². The normalized spacial score (nSPS) is 10.2. The zero-order valence-corrected chi connectivity index (χ0v) is 8.84. The van der Waals surface area contributed by atoms with Crippen LogP contribution in [-0.4, -0.2) is 14.3 Å². The molecule has 0 aromatic carbocycles. The van der Waals surface area contributed by atoms with Gasteiger partial charge in [-0.1, -0.05) is 0 Å². The Kier molecular flexibility index (Phi) is 2.24. The fraction of sp³-hybridized carbons (Fsp3) is 0. The summed E-state index contributed by atoms with van der Waals surface area (Å²) in [6.45, 7) is 0. The summed E-state index contributed by atoms with van der Waals surface area (Å²) in [6, 6.07) is 1.90. The highest BCUT2D eigenvalue weighted by Gasteiger charge is 2.04. The Morgan fingerprint density at radius 1 is 1.38 bits per heavy atom. The van der Waals surface area contributed by atoms with Gasteiger partial charge in [-0.2, -0.15) is 9.36 Å². The van der Waals surface area contributed by atoms with Crippen molar-refractivity contribution in [2.45, 2.75) is 0 Å². The zero-order valence-electron chi connectivity index (χ0n) is 6.44. The third-order valence-electron chi connectivity index (χ3n) is 1.40. The number of nitrogens with zero attached hydrogens (tertiary/aromatic N) is 3. The van der Waals surface area contributed by atoms with Crippen LogP contribution in [0.2, 0.25) is 0 Å². The number of nitrogens with two attached hydrogens (primary N) is 1. The molecule has 0 saturated carbocycles. The molecule has 13 heavy (non-hydrogen) atoms. The maximum atomic E-state index is 5.47. The third kappa shape index (κ3) is 1.84. The van der Waals surface area contributed by atoms with Crippen molar-refractivity contribution in [1.29, 1.82) is 0 Å². The summed E-state index contributed by atoms with van der Waals surface area (Å²) in [5, 5.41) is 0.468. The average Bonchev–Trinajstić information content (AvgIpc) is 2.52. The van der Waals surface area contributed by atoms with Gasteiger partial charge in [0.25, 0.3) is 0 Å². The first kappa shape index (κ1) is 8.58. The Morgan fingerprint density at radius 3 is 2.85 bits per heavy atom. The molecule has 2 rings (SSSR count). The summed E-state index contributed by atoms with van der Waals surface area (Å²) in [5.74, 6) is 0.622. The van der Waals surface area contributed by atoms with Crippen molar-refractivity contribution >= 4 is 32.6 Å². The summed E-state index contributed by atoms with van der Waals surface area (Å²) in [4.78, 5) is 8.05. The Hall–Kier alpha value is -1.01. The molecular weight excluding hydrogens is 252 g/mol. The van der Waals surface area contributed by atoms with E-state index in [0.29, 0.717) is 11.0 Å². The fourth-order valence-electron chi connectivity index (χ4n) is 0.887. The molecule has 0 aliphatic carbocycles. The molecule has 2 aromatic heterocycles. The van der Waals surface area contributed by atoms with Gasteiger partial charge >= 0.3 is 0 Å². The molecule has 0 atom stereocenters. The minimum atomic E-state index is 0.468. The van der Waals surface area contributed by atoms with Crippen LogP contribution in [0.25, 0.3) is 11.4 Å². The van der Waals surface area contributed by atoms with Crippen LogP contribution in [0.3, 0.4) is 0 Å². The summed E-state index contributed by atoms with van der Waals surface area (Å²) in [6.07, 6.45) is 3.41. The standard InChI is InChI=1S/C7H5BrN4S/c8-5-1-4(2-10-3-5)6-11-7(9)13-12-6/h1-3H,(H2,9,11,12). The molecule has 2 aromatic rings. The number of aromatic nitrogens is 3. The lowest BCUT2D eigenvalue weighted by atomic mass is 10.3. The molecule has 0 saturated heterocycles. The summed E-state index contributed by atoms with van der Waals surface area (Å²) in [7, 11) is 0. The Bertz CT molecular complexity index is 428. The van der Waals surface area contributed by atoms with E-state index in [1.807, 2.05) is 6.07 Å². The van der Waals surface area contributed by atoms with E-state index in [-0.39, 0.29) is 0 Å². The molecular formula is C7H5BrN4S. The van der Waals surface area contributed by atoms with E-state index < -0.39 is 0 Å². The number of hydrogen-bond donors (Lipinski definition) is 1. The van der Waals surface area contributed by atoms with Crippen LogP contribution in [0, 0.1) is 0 Å². The molecule has 0 fully saturated rings. The van der Waals surface area contributed by atoms with Crippen molar-refractivity contribution in [3.8, 4) is 11.4 Å². The molecule has 2 heterocycles. The molecule has 2 N–H and O–H groups in total. The Morgan fingerprint density at radius 2 is 2.23 bits per heavy atom. The van der Waals surface area contributed by atoms with Crippen LogP contribution < -0.4 is 5.73 Å². The van der Waals surface area contributed by atoms with Crippen molar-refractivity contribution in [2.24, 2.45) is 0 Å². The van der Waals surface area contributed by atoms with Gasteiger partial charge in [0, 0.05) is 34.0 Å². The van der Waals surface area contributed by atoms with Crippen molar-refractivity contribution in [1.82, 2.24) is 14.3 Å². The monoisotopic (exact) mass is 256 g/mol. The van der Waals surface area contributed by atoms with Gasteiger partial charge in [-0.15, -0.1) is 0 Å². The summed E-state index contributed by atoms with van der Waals surface area (Å²) >= 11 is 4.50. The molecule has 0 bridgehead atoms. The van der Waals surface area contributed by atoms with E-state index in [2.05, 4.69) is 30.3 Å². The predicted octanol–water partition coefficient (Wildman–Crippen LogP) is 1.94. The summed E-state index contributed by atoms with van der Waals surface area (Å²) < 4.78 is 4.97. The highest BCUT2D eigenvalue weighted by atomic mass is 79.9. The van der Waals surface area contributed by atoms with Crippen molar-refractivity contribution in [3.63, 3.8) is 0 Å². The molecule has 0 aliphatic rings. The quantitative estimate of drug-likeness (QED) is 0.847. The van der Waals surface area contributed by atoms with Crippen LogP contribution in [0.5, 0.6) is 0 Å². The minimum Gasteiger partial charge on any atom is -0.374 e. The van der Waals surface area contributed by atoms with Crippen LogP contribution >= 0.6 is 27.5 Å². The van der Waals surface area contributed by atoms with Crippen LogP contribution in [0.15, 0.2) is 22.9 Å². The number of nitrogen functional groups attached to an aromatic ring is 1. The molecule has 0 unspecified atom stereocenters. The van der Waals surface area contributed by atoms with Crippen LogP contribution in [0.4, 0.5) is 5.13 Å². The SMILES string of the molecule is Nc1nc(-c2cncc(Br)c2)ns1. The second-order valence-corrected chi connectivity index (χ2v) is 4.05. The van der Waals surface area contributed by atoms with E-state index in [9.17, 15) is 0 Å². The van der Waals surface area contributed by atoms with E-state index in [1.54, 1.807) is 12.4 Å². The number of hydrogen-bond acceptors (Lipinski definition) is 5. The molecule has 0 radical (unpaired) electrons. The highest BCUT2D eigenvalue weighted by molar-refractivity contribution is 9.10. The Labute approximate surface area is 87.1 Å². The van der Waals surface area contributed by atoms with Gasteiger partial charge in [0.2, 0.25) is 0 Å². The summed E-state index contributed by atoms with van der Waals surface area (Å²) in [5.41, 5.74) is 6.33. The molecule has 4 nitrogen and oxygen atoms in total. The van der Waals surface area contributed by atoms with Gasteiger partial charge in [-0.3, -0.25) is 4.98 Å². The van der Waals surface area contributed by atoms with Crippen LogP contribution in [-0.2, 0) is 0 Å². The largest absolute Gasteiger partial charge is 0.374 e. The third-order valence-corrected chi connectivity index (χ3v) is 2.38. The van der Waals surface area contributed by atoms with Gasteiger partial charge in [0.15, 0.2) is 11.0 Å². The molecule has 0 spiro atoms. The van der Waals surface area contributed by atoms with Gasteiger partial charge in [-0.25, -0.2) is 0 Å². The molecule has 66 valence electrons. The van der Waals surface area contributed by atoms with E-state index in [0.717, 1.165) is 10.0 Å². The van der Waals surface area contributed by atoms with Crippen LogP contribution in [0.1, 0.15) is 0 Å². The van der Waals surface area contributed by atoms with Gasteiger partial charge in [0.1, 0.15) is 0 Å². The lowest BCUT2D eigenvalue weighted by Crippen LogP contribution is -1.84. The predicted molar refractivity (Wildman–Crippen MR) is 55.3 cm³/mol. The van der Waals surface area contributed by atoms with Crippen molar-refractivity contribution < 1.29 is 0 Å². The van der Waals surface area contributed by atoms with Crippen molar-refractivity contribution in [2.75, 3.05) is 5.73 Å². The minimum absolute atomic E-state index is 0.468. The van der Waals surface area contributed by atoms with Gasteiger partial charge < -0.3 is 5.73 Å². The smallest absolute Gasteiger partial charge is 0.200 e. The number of rotatable bonds is 1. The zero-order chi connectivity index (χ0) is 9.26. The lowest BCUT2D eigenvalue weighted by molar-refractivity contribution is 1.26. The molecule has 0 aliphatic heterocycles. The second kappa shape index (κ2) is 3.39. The lowest BCUT2D eigenvalue weighted by Gasteiger charge is -1.93. The second-order valence-electron chi connectivity index (χ2n) is 2.35. The number of anilines is 1. The van der Waals surface area contributed by atoms with E-state index in [1.165, 1.54) is 11.5 Å². The average molecular weight is 257 g/mol. The van der Waals surface area contributed by atoms with Crippen molar-refractivity contribution in [3.05, 3.63) is 22.9 Å². The first-order valence-corrected chi connectivity index (χ1v) is 5.02. The number of pyridine rings is 1. The number of halogens is 1. The van der Waals surface area contributed by atoms with Gasteiger partial charge in [-0.05, 0) is 22.0 Å². The maximum Gasteiger partial charge on any atom is 0.200 e. The highest BCUT2D eigenvalue weighted by Crippen LogP contribution is 2.20. The first-order chi connectivity index (χ1) is 6.25. The first-order valence-electron chi connectivity index (χ1n) is 3.46.